The summed E-state index contributed by atoms with van der Waals surface area (Å²) in [5.41, 5.74) is 1.28. The van der Waals surface area contributed by atoms with Crippen LogP contribution in [0, 0.1) is 0 Å². The summed E-state index contributed by atoms with van der Waals surface area (Å²) in [6.45, 7) is 4.31. The summed E-state index contributed by atoms with van der Waals surface area (Å²) >= 11 is 0. The Morgan fingerprint density at radius 3 is 2.26 bits per heavy atom. The molecule has 0 aliphatic carbocycles. The Morgan fingerprint density at radius 2 is 1.65 bits per heavy atom. The molecular weight excluding hydrogens is 290 g/mol. The number of hydrogen-bond acceptors (Lipinski definition) is 3. The number of carbonyl (C=O) groups is 1. The van der Waals surface area contributed by atoms with Gasteiger partial charge in [-0.2, -0.15) is 0 Å². The third kappa shape index (κ3) is 3.83. The van der Waals surface area contributed by atoms with Crippen LogP contribution in [0.1, 0.15) is 25.0 Å². The highest BCUT2D eigenvalue weighted by Gasteiger charge is 2.30. The van der Waals surface area contributed by atoms with Crippen molar-refractivity contribution >= 4 is 5.91 Å². The molecule has 1 N–H and O–H groups in total. The molecular formula is C19H23NO3. The van der Waals surface area contributed by atoms with Gasteiger partial charge in [0.15, 0.2) is 11.5 Å². The number of ether oxygens (including phenoxy) is 2. The Kier molecular flexibility index (Phi) is 5.27. The molecule has 4 nitrogen and oxygen atoms in total. The van der Waals surface area contributed by atoms with Gasteiger partial charge in [-0.3, -0.25) is 4.79 Å². The van der Waals surface area contributed by atoms with Crippen molar-refractivity contribution in [2.75, 3.05) is 14.2 Å². The minimum atomic E-state index is -0.672. The van der Waals surface area contributed by atoms with E-state index >= 15 is 0 Å². The fourth-order valence-corrected chi connectivity index (χ4v) is 2.36. The van der Waals surface area contributed by atoms with Gasteiger partial charge in [-0.15, -0.1) is 0 Å². The molecule has 2 rings (SSSR count). The Morgan fingerprint density at radius 1 is 1.00 bits per heavy atom. The zero-order valence-corrected chi connectivity index (χ0v) is 14.1. The van der Waals surface area contributed by atoms with Gasteiger partial charge in [-0.05, 0) is 37.1 Å². The lowest BCUT2D eigenvalue weighted by atomic mass is 9.83. The van der Waals surface area contributed by atoms with Gasteiger partial charge in [0.25, 0.3) is 0 Å². The summed E-state index contributed by atoms with van der Waals surface area (Å²) in [4.78, 5) is 12.6. The number of rotatable bonds is 6. The molecule has 0 unspecified atom stereocenters. The minimum absolute atomic E-state index is 0.0337. The molecule has 0 saturated heterocycles. The van der Waals surface area contributed by atoms with Crippen LogP contribution >= 0.6 is 0 Å². The molecule has 0 spiro atoms. The van der Waals surface area contributed by atoms with Crippen LogP contribution in [0.2, 0.25) is 0 Å². The molecule has 1 amide bonds. The molecule has 122 valence electrons. The molecule has 0 aliphatic heterocycles. The maximum Gasteiger partial charge on any atom is 0.230 e. The molecule has 0 fully saturated rings. The minimum Gasteiger partial charge on any atom is -0.493 e. The molecule has 2 aromatic carbocycles. The zero-order valence-electron chi connectivity index (χ0n) is 14.1. The van der Waals surface area contributed by atoms with Crippen LogP contribution in [0.4, 0.5) is 0 Å². The monoisotopic (exact) mass is 313 g/mol. The van der Waals surface area contributed by atoms with E-state index in [-0.39, 0.29) is 5.91 Å². The second kappa shape index (κ2) is 7.18. The average Bonchev–Trinajstić information content (AvgIpc) is 2.59. The van der Waals surface area contributed by atoms with Gasteiger partial charge in [0.1, 0.15) is 0 Å². The number of carbonyl (C=O) groups excluding carboxylic acids is 1. The molecule has 0 aliphatic rings. The quantitative estimate of drug-likeness (QED) is 0.890. The van der Waals surface area contributed by atoms with Crippen LogP contribution in [0.25, 0.3) is 0 Å². The van der Waals surface area contributed by atoms with Gasteiger partial charge in [-0.1, -0.05) is 36.4 Å². The summed E-state index contributed by atoms with van der Waals surface area (Å²) in [7, 11) is 3.18. The molecule has 4 heteroatoms. The van der Waals surface area contributed by atoms with Crippen LogP contribution in [-0.2, 0) is 16.8 Å². The Hall–Kier alpha value is -2.49. The molecule has 2 aromatic rings. The molecule has 0 heterocycles. The SMILES string of the molecule is COc1ccc(C(C)(C)C(=O)NCc2ccccc2)cc1OC. The Balaban J connectivity index is 2.15. The summed E-state index contributed by atoms with van der Waals surface area (Å²) in [6.07, 6.45) is 0. The van der Waals surface area contributed by atoms with Crippen molar-refractivity contribution in [3.8, 4) is 11.5 Å². The lowest BCUT2D eigenvalue weighted by molar-refractivity contribution is -0.125. The van der Waals surface area contributed by atoms with Crippen molar-refractivity contribution in [1.29, 1.82) is 0 Å². The first kappa shape index (κ1) is 16.9. The van der Waals surface area contributed by atoms with Gasteiger partial charge in [0.2, 0.25) is 5.91 Å². The first-order chi connectivity index (χ1) is 11.0. The molecule has 23 heavy (non-hydrogen) atoms. The largest absolute Gasteiger partial charge is 0.493 e. The van der Waals surface area contributed by atoms with E-state index in [2.05, 4.69) is 5.32 Å². The molecule has 0 saturated carbocycles. The second-order valence-corrected chi connectivity index (χ2v) is 5.86. The fourth-order valence-electron chi connectivity index (χ4n) is 2.36. The lowest BCUT2D eigenvalue weighted by Crippen LogP contribution is -2.39. The predicted octanol–water partition coefficient (Wildman–Crippen LogP) is 3.30. The fraction of sp³-hybridized carbons (Fsp3) is 0.316. The van der Waals surface area contributed by atoms with E-state index in [1.807, 2.05) is 62.4 Å². The maximum absolute atomic E-state index is 12.6. The summed E-state index contributed by atoms with van der Waals surface area (Å²) in [5, 5.41) is 2.99. The third-order valence-corrected chi connectivity index (χ3v) is 3.97. The molecule has 0 aromatic heterocycles. The van der Waals surface area contributed by atoms with E-state index in [4.69, 9.17) is 9.47 Å². The molecule has 0 atom stereocenters. The van der Waals surface area contributed by atoms with Crippen molar-refractivity contribution < 1.29 is 14.3 Å². The number of methoxy groups -OCH3 is 2. The van der Waals surface area contributed by atoms with E-state index in [0.29, 0.717) is 18.0 Å². The first-order valence-corrected chi connectivity index (χ1v) is 7.53. The zero-order chi connectivity index (χ0) is 16.9. The number of hydrogen-bond donors (Lipinski definition) is 1. The van der Waals surface area contributed by atoms with E-state index in [0.717, 1.165) is 11.1 Å². The topological polar surface area (TPSA) is 47.6 Å². The molecule has 0 bridgehead atoms. The smallest absolute Gasteiger partial charge is 0.230 e. The van der Waals surface area contributed by atoms with E-state index in [1.165, 1.54) is 0 Å². The highest BCUT2D eigenvalue weighted by Crippen LogP contribution is 2.33. The van der Waals surface area contributed by atoms with Gasteiger partial charge in [0, 0.05) is 6.54 Å². The van der Waals surface area contributed by atoms with Crippen LogP contribution < -0.4 is 14.8 Å². The number of nitrogens with one attached hydrogen (secondary N) is 1. The van der Waals surface area contributed by atoms with Crippen molar-refractivity contribution in [2.24, 2.45) is 0 Å². The van der Waals surface area contributed by atoms with Gasteiger partial charge < -0.3 is 14.8 Å². The Bertz CT molecular complexity index is 666. The van der Waals surface area contributed by atoms with E-state index in [1.54, 1.807) is 14.2 Å². The van der Waals surface area contributed by atoms with Crippen molar-refractivity contribution in [3.63, 3.8) is 0 Å². The van der Waals surface area contributed by atoms with Crippen LogP contribution in [0.15, 0.2) is 48.5 Å². The van der Waals surface area contributed by atoms with Crippen LogP contribution in [0.3, 0.4) is 0 Å². The van der Waals surface area contributed by atoms with E-state index in [9.17, 15) is 4.79 Å². The lowest BCUT2D eigenvalue weighted by Gasteiger charge is -2.25. The highest BCUT2D eigenvalue weighted by molar-refractivity contribution is 5.87. The average molecular weight is 313 g/mol. The third-order valence-electron chi connectivity index (χ3n) is 3.97. The normalized spacial score (nSPS) is 11.0. The van der Waals surface area contributed by atoms with Gasteiger partial charge in [0.05, 0.1) is 19.6 Å². The Labute approximate surface area is 137 Å². The van der Waals surface area contributed by atoms with Crippen molar-refractivity contribution in [2.45, 2.75) is 25.8 Å². The summed E-state index contributed by atoms with van der Waals surface area (Å²) < 4.78 is 10.6. The summed E-state index contributed by atoms with van der Waals surface area (Å²) in [6, 6.07) is 15.4. The van der Waals surface area contributed by atoms with Crippen LogP contribution in [-0.4, -0.2) is 20.1 Å². The molecule has 0 radical (unpaired) electrons. The standard InChI is InChI=1S/C19H23NO3/c1-19(2,15-10-11-16(22-3)17(12-15)23-4)18(21)20-13-14-8-6-5-7-9-14/h5-12H,13H2,1-4H3,(H,20,21). The highest BCUT2D eigenvalue weighted by atomic mass is 16.5. The second-order valence-electron chi connectivity index (χ2n) is 5.86. The van der Waals surface area contributed by atoms with Crippen molar-refractivity contribution in [1.82, 2.24) is 5.32 Å². The van der Waals surface area contributed by atoms with Crippen molar-refractivity contribution in [3.05, 3.63) is 59.7 Å². The first-order valence-electron chi connectivity index (χ1n) is 7.53. The predicted molar refractivity (Wildman–Crippen MR) is 90.9 cm³/mol. The van der Waals surface area contributed by atoms with Crippen LogP contribution in [0.5, 0.6) is 11.5 Å². The number of benzene rings is 2. The number of amides is 1. The van der Waals surface area contributed by atoms with Gasteiger partial charge >= 0.3 is 0 Å². The maximum atomic E-state index is 12.6. The summed E-state index contributed by atoms with van der Waals surface area (Å²) in [5.74, 6) is 1.24. The van der Waals surface area contributed by atoms with E-state index < -0.39 is 5.41 Å². The van der Waals surface area contributed by atoms with Gasteiger partial charge in [-0.25, -0.2) is 0 Å².